The molecule has 0 radical (unpaired) electrons. The Balaban J connectivity index is 1.85. The number of benzene rings is 2. The summed E-state index contributed by atoms with van der Waals surface area (Å²) in [5.74, 6) is 0.894. The molecule has 0 fully saturated rings. The van der Waals surface area contributed by atoms with Crippen molar-refractivity contribution in [3.8, 4) is 11.8 Å². The highest BCUT2D eigenvalue weighted by molar-refractivity contribution is 5.91. The van der Waals surface area contributed by atoms with E-state index >= 15 is 0 Å². The van der Waals surface area contributed by atoms with Crippen molar-refractivity contribution in [2.75, 3.05) is 11.9 Å². The zero-order valence-electron chi connectivity index (χ0n) is 12.7. The van der Waals surface area contributed by atoms with Crippen LogP contribution in [0.5, 0.6) is 5.75 Å². The first-order valence-electron chi connectivity index (χ1n) is 7.11. The van der Waals surface area contributed by atoms with Gasteiger partial charge in [0.15, 0.2) is 6.61 Å². The van der Waals surface area contributed by atoms with Crippen molar-refractivity contribution in [2.45, 2.75) is 19.8 Å². The molecule has 0 spiro atoms. The summed E-state index contributed by atoms with van der Waals surface area (Å²) in [5.41, 5.74) is 2.43. The van der Waals surface area contributed by atoms with Crippen LogP contribution >= 0.6 is 0 Å². The molecule has 0 atom stereocenters. The molecule has 2 aromatic carbocycles. The number of hydrogen-bond donors (Lipinski definition) is 1. The number of amides is 1. The predicted octanol–water partition coefficient (Wildman–Crippen LogP) is 3.70. The molecular formula is C18H18N2O2. The quantitative estimate of drug-likeness (QED) is 0.914. The van der Waals surface area contributed by atoms with Crippen LogP contribution in [0.25, 0.3) is 0 Å². The van der Waals surface area contributed by atoms with E-state index in [-0.39, 0.29) is 12.5 Å². The van der Waals surface area contributed by atoms with Crippen LogP contribution in [0.1, 0.15) is 30.9 Å². The second kappa shape index (κ2) is 7.28. The Morgan fingerprint density at radius 3 is 2.32 bits per heavy atom. The first-order valence-corrected chi connectivity index (χ1v) is 7.11. The lowest BCUT2D eigenvalue weighted by Crippen LogP contribution is -2.20. The van der Waals surface area contributed by atoms with E-state index in [4.69, 9.17) is 10.00 Å². The minimum absolute atomic E-state index is 0.0545. The Hall–Kier alpha value is -2.80. The molecule has 22 heavy (non-hydrogen) atoms. The van der Waals surface area contributed by atoms with Gasteiger partial charge < -0.3 is 10.1 Å². The summed E-state index contributed by atoms with van der Waals surface area (Å²) in [5, 5.41) is 11.4. The molecule has 0 aliphatic carbocycles. The van der Waals surface area contributed by atoms with Gasteiger partial charge in [-0.2, -0.15) is 5.26 Å². The molecule has 0 saturated heterocycles. The molecule has 0 bridgehead atoms. The largest absolute Gasteiger partial charge is 0.484 e. The summed E-state index contributed by atoms with van der Waals surface area (Å²) < 4.78 is 5.46. The van der Waals surface area contributed by atoms with Crippen molar-refractivity contribution < 1.29 is 9.53 Å². The van der Waals surface area contributed by atoms with Gasteiger partial charge in [-0.1, -0.05) is 26.0 Å². The van der Waals surface area contributed by atoms with Crippen LogP contribution in [0.4, 0.5) is 5.69 Å². The van der Waals surface area contributed by atoms with E-state index in [1.165, 1.54) is 5.56 Å². The first kappa shape index (κ1) is 15.6. The number of nitrogens with one attached hydrogen (secondary N) is 1. The lowest BCUT2D eigenvalue weighted by atomic mass is 10.0. The zero-order chi connectivity index (χ0) is 15.9. The standard InChI is InChI=1S/C18H18N2O2/c1-13(2)15-5-9-17(10-6-15)22-12-18(21)20-16-7-3-14(11-19)4-8-16/h3-10,13H,12H2,1-2H3,(H,20,21). The molecule has 4 nitrogen and oxygen atoms in total. The van der Waals surface area contributed by atoms with E-state index in [1.54, 1.807) is 24.3 Å². The van der Waals surface area contributed by atoms with Crippen LogP contribution in [-0.4, -0.2) is 12.5 Å². The Bertz CT molecular complexity index is 668. The van der Waals surface area contributed by atoms with Crippen molar-refractivity contribution in [2.24, 2.45) is 0 Å². The molecule has 1 N–H and O–H groups in total. The predicted molar refractivity (Wildman–Crippen MR) is 85.8 cm³/mol. The maximum absolute atomic E-state index is 11.8. The minimum Gasteiger partial charge on any atom is -0.484 e. The van der Waals surface area contributed by atoms with Gasteiger partial charge in [-0.25, -0.2) is 0 Å². The highest BCUT2D eigenvalue weighted by atomic mass is 16.5. The average molecular weight is 294 g/mol. The average Bonchev–Trinajstić information content (AvgIpc) is 2.54. The fraction of sp³-hybridized carbons (Fsp3) is 0.222. The van der Waals surface area contributed by atoms with E-state index in [2.05, 4.69) is 19.2 Å². The third-order valence-corrected chi connectivity index (χ3v) is 3.21. The minimum atomic E-state index is -0.238. The molecule has 0 saturated carbocycles. The lowest BCUT2D eigenvalue weighted by Gasteiger charge is -2.09. The van der Waals surface area contributed by atoms with Crippen molar-refractivity contribution >= 4 is 11.6 Å². The molecule has 0 unspecified atom stereocenters. The Kier molecular flexibility index (Phi) is 5.16. The van der Waals surface area contributed by atoms with E-state index in [0.29, 0.717) is 22.9 Å². The lowest BCUT2D eigenvalue weighted by molar-refractivity contribution is -0.118. The summed E-state index contributed by atoms with van der Waals surface area (Å²) in [7, 11) is 0. The molecule has 0 aliphatic heterocycles. The van der Waals surface area contributed by atoms with Gasteiger partial charge in [0.25, 0.3) is 5.91 Å². The van der Waals surface area contributed by atoms with E-state index in [0.717, 1.165) is 0 Å². The van der Waals surface area contributed by atoms with Crippen LogP contribution < -0.4 is 10.1 Å². The SMILES string of the molecule is CC(C)c1ccc(OCC(=O)Nc2ccc(C#N)cc2)cc1. The van der Waals surface area contributed by atoms with Crippen molar-refractivity contribution in [3.63, 3.8) is 0 Å². The summed E-state index contributed by atoms with van der Waals surface area (Å²) >= 11 is 0. The molecular weight excluding hydrogens is 276 g/mol. The monoisotopic (exact) mass is 294 g/mol. The van der Waals surface area contributed by atoms with Crippen LogP contribution in [0.2, 0.25) is 0 Å². The summed E-state index contributed by atoms with van der Waals surface area (Å²) in [6, 6.07) is 16.4. The van der Waals surface area contributed by atoms with Gasteiger partial charge in [0.2, 0.25) is 0 Å². The third-order valence-electron chi connectivity index (χ3n) is 3.21. The van der Waals surface area contributed by atoms with Gasteiger partial charge in [-0.15, -0.1) is 0 Å². The molecule has 0 heterocycles. The molecule has 0 aliphatic rings. The van der Waals surface area contributed by atoms with E-state index < -0.39 is 0 Å². The molecule has 4 heteroatoms. The molecule has 2 aromatic rings. The Morgan fingerprint density at radius 1 is 1.14 bits per heavy atom. The zero-order valence-corrected chi connectivity index (χ0v) is 12.7. The third kappa shape index (κ3) is 4.35. The molecule has 112 valence electrons. The topological polar surface area (TPSA) is 62.1 Å². The Morgan fingerprint density at radius 2 is 1.77 bits per heavy atom. The van der Waals surface area contributed by atoms with Gasteiger partial charge >= 0.3 is 0 Å². The van der Waals surface area contributed by atoms with Gasteiger partial charge in [0, 0.05) is 5.69 Å². The highest BCUT2D eigenvalue weighted by Crippen LogP contribution is 2.18. The molecule has 0 aromatic heterocycles. The molecule has 2 rings (SSSR count). The van der Waals surface area contributed by atoms with Crippen LogP contribution in [-0.2, 0) is 4.79 Å². The number of anilines is 1. The fourth-order valence-corrected chi connectivity index (χ4v) is 1.92. The number of carbonyl (C=O) groups is 1. The van der Waals surface area contributed by atoms with Gasteiger partial charge in [0.05, 0.1) is 11.6 Å². The maximum Gasteiger partial charge on any atom is 0.262 e. The molecule has 1 amide bonds. The van der Waals surface area contributed by atoms with Gasteiger partial charge in [-0.05, 0) is 47.9 Å². The summed E-state index contributed by atoms with van der Waals surface area (Å²) in [6.45, 7) is 4.20. The maximum atomic E-state index is 11.8. The van der Waals surface area contributed by atoms with E-state index in [9.17, 15) is 4.79 Å². The second-order valence-corrected chi connectivity index (χ2v) is 5.25. The van der Waals surface area contributed by atoms with E-state index in [1.807, 2.05) is 30.3 Å². The van der Waals surface area contributed by atoms with Crippen molar-refractivity contribution in [1.29, 1.82) is 5.26 Å². The number of ether oxygens (including phenoxy) is 1. The van der Waals surface area contributed by atoms with Crippen LogP contribution in [0, 0.1) is 11.3 Å². The van der Waals surface area contributed by atoms with Crippen LogP contribution in [0.3, 0.4) is 0 Å². The number of hydrogen-bond acceptors (Lipinski definition) is 3. The highest BCUT2D eigenvalue weighted by Gasteiger charge is 2.05. The fourth-order valence-electron chi connectivity index (χ4n) is 1.92. The van der Waals surface area contributed by atoms with Crippen molar-refractivity contribution in [1.82, 2.24) is 0 Å². The van der Waals surface area contributed by atoms with Crippen LogP contribution in [0.15, 0.2) is 48.5 Å². The number of carbonyl (C=O) groups excluding carboxylic acids is 1. The summed E-state index contributed by atoms with van der Waals surface area (Å²) in [6.07, 6.45) is 0. The first-order chi connectivity index (χ1) is 10.6. The van der Waals surface area contributed by atoms with Gasteiger partial charge in [0.1, 0.15) is 5.75 Å². The van der Waals surface area contributed by atoms with Gasteiger partial charge in [-0.3, -0.25) is 4.79 Å². The summed E-state index contributed by atoms with van der Waals surface area (Å²) in [4.78, 5) is 11.8. The number of rotatable bonds is 5. The normalized spacial score (nSPS) is 10.1. The van der Waals surface area contributed by atoms with Crippen molar-refractivity contribution in [3.05, 3.63) is 59.7 Å². The second-order valence-electron chi connectivity index (χ2n) is 5.25. The number of nitriles is 1. The Labute approximate surface area is 130 Å². The number of nitrogens with zero attached hydrogens (tertiary/aromatic N) is 1. The smallest absolute Gasteiger partial charge is 0.262 e.